The third-order valence-corrected chi connectivity index (χ3v) is 3.72. The van der Waals surface area contributed by atoms with Crippen LogP contribution in [0.4, 0.5) is 0 Å². The molecule has 1 unspecified atom stereocenters. The first-order valence-electron chi connectivity index (χ1n) is 7.80. The SMILES string of the molecule is CC(CCc1ccccc1)NCCCC(=O)NC1CC1. The van der Waals surface area contributed by atoms with E-state index in [1.807, 2.05) is 0 Å². The normalized spacial score (nSPS) is 15.8. The van der Waals surface area contributed by atoms with Crippen LogP contribution in [0.3, 0.4) is 0 Å². The summed E-state index contributed by atoms with van der Waals surface area (Å²) in [6, 6.07) is 11.6. The third-order valence-electron chi connectivity index (χ3n) is 3.72. The topological polar surface area (TPSA) is 41.1 Å². The van der Waals surface area contributed by atoms with Crippen molar-refractivity contribution in [2.75, 3.05) is 6.54 Å². The largest absolute Gasteiger partial charge is 0.353 e. The Kier molecular flexibility index (Phi) is 6.06. The molecule has 110 valence electrons. The summed E-state index contributed by atoms with van der Waals surface area (Å²) < 4.78 is 0. The molecule has 2 rings (SSSR count). The van der Waals surface area contributed by atoms with Gasteiger partial charge >= 0.3 is 0 Å². The second kappa shape index (κ2) is 8.05. The van der Waals surface area contributed by atoms with Crippen LogP contribution in [0.25, 0.3) is 0 Å². The van der Waals surface area contributed by atoms with Crippen molar-refractivity contribution < 1.29 is 4.79 Å². The summed E-state index contributed by atoms with van der Waals surface area (Å²) in [6.07, 6.45) is 6.15. The Morgan fingerprint density at radius 1 is 1.30 bits per heavy atom. The highest BCUT2D eigenvalue weighted by atomic mass is 16.1. The molecule has 1 aromatic carbocycles. The molecule has 1 atom stereocenters. The fraction of sp³-hybridized carbons (Fsp3) is 0.588. The van der Waals surface area contributed by atoms with Crippen molar-refractivity contribution in [2.24, 2.45) is 0 Å². The number of amides is 1. The summed E-state index contributed by atoms with van der Waals surface area (Å²) in [4.78, 5) is 11.5. The van der Waals surface area contributed by atoms with Gasteiger partial charge in [-0.1, -0.05) is 30.3 Å². The summed E-state index contributed by atoms with van der Waals surface area (Å²) in [5.41, 5.74) is 1.39. The predicted molar refractivity (Wildman–Crippen MR) is 82.6 cm³/mol. The summed E-state index contributed by atoms with van der Waals surface area (Å²) >= 11 is 0. The van der Waals surface area contributed by atoms with Gasteiger partial charge in [0.05, 0.1) is 0 Å². The van der Waals surface area contributed by atoms with Crippen LogP contribution >= 0.6 is 0 Å². The molecular formula is C17H26N2O. The number of hydrogen-bond donors (Lipinski definition) is 2. The maximum absolute atomic E-state index is 11.5. The van der Waals surface area contributed by atoms with Gasteiger partial charge in [0.2, 0.25) is 5.91 Å². The molecule has 1 aliphatic carbocycles. The van der Waals surface area contributed by atoms with Crippen LogP contribution in [0.1, 0.15) is 44.6 Å². The number of rotatable bonds is 9. The van der Waals surface area contributed by atoms with Gasteiger partial charge in [-0.3, -0.25) is 4.79 Å². The lowest BCUT2D eigenvalue weighted by Gasteiger charge is -2.13. The smallest absolute Gasteiger partial charge is 0.220 e. The van der Waals surface area contributed by atoms with Crippen molar-refractivity contribution in [3.8, 4) is 0 Å². The Morgan fingerprint density at radius 2 is 2.05 bits per heavy atom. The van der Waals surface area contributed by atoms with Gasteiger partial charge in [0.15, 0.2) is 0 Å². The van der Waals surface area contributed by atoms with Crippen LogP contribution in [0, 0.1) is 0 Å². The van der Waals surface area contributed by atoms with E-state index in [2.05, 4.69) is 47.9 Å². The summed E-state index contributed by atoms with van der Waals surface area (Å²) in [5, 5.41) is 6.52. The summed E-state index contributed by atoms with van der Waals surface area (Å²) in [6.45, 7) is 3.14. The fourth-order valence-corrected chi connectivity index (χ4v) is 2.25. The van der Waals surface area contributed by atoms with E-state index in [1.165, 1.54) is 18.4 Å². The minimum atomic E-state index is 0.214. The van der Waals surface area contributed by atoms with Crippen molar-refractivity contribution in [3.05, 3.63) is 35.9 Å². The van der Waals surface area contributed by atoms with E-state index >= 15 is 0 Å². The van der Waals surface area contributed by atoms with Crippen LogP contribution in [0.15, 0.2) is 30.3 Å². The molecule has 1 amide bonds. The molecule has 0 aliphatic heterocycles. The van der Waals surface area contributed by atoms with Crippen molar-refractivity contribution >= 4 is 5.91 Å². The maximum atomic E-state index is 11.5. The fourth-order valence-electron chi connectivity index (χ4n) is 2.25. The van der Waals surface area contributed by atoms with E-state index in [4.69, 9.17) is 0 Å². The van der Waals surface area contributed by atoms with E-state index in [-0.39, 0.29) is 5.91 Å². The minimum Gasteiger partial charge on any atom is -0.353 e. The molecule has 0 saturated heterocycles. The van der Waals surface area contributed by atoms with Gasteiger partial charge in [-0.15, -0.1) is 0 Å². The monoisotopic (exact) mass is 274 g/mol. The Labute approximate surface area is 122 Å². The standard InChI is InChI=1S/C17H26N2O/c1-14(9-10-15-6-3-2-4-7-15)18-13-5-8-17(20)19-16-11-12-16/h2-4,6-7,14,16,18H,5,8-13H2,1H3,(H,19,20). The number of nitrogens with one attached hydrogen (secondary N) is 2. The molecule has 1 aromatic rings. The zero-order valence-corrected chi connectivity index (χ0v) is 12.4. The van der Waals surface area contributed by atoms with Crippen molar-refractivity contribution in [3.63, 3.8) is 0 Å². The van der Waals surface area contributed by atoms with Crippen molar-refractivity contribution in [1.29, 1.82) is 0 Å². The number of aryl methyl sites for hydroxylation is 1. The van der Waals surface area contributed by atoms with Gasteiger partial charge in [0.25, 0.3) is 0 Å². The number of hydrogen-bond acceptors (Lipinski definition) is 2. The van der Waals surface area contributed by atoms with Crippen LogP contribution in [-0.2, 0) is 11.2 Å². The molecule has 20 heavy (non-hydrogen) atoms. The van der Waals surface area contributed by atoms with Crippen LogP contribution < -0.4 is 10.6 Å². The molecular weight excluding hydrogens is 248 g/mol. The van der Waals surface area contributed by atoms with Gasteiger partial charge in [-0.05, 0) is 51.1 Å². The molecule has 0 heterocycles. The average Bonchev–Trinajstić information content (AvgIpc) is 3.26. The zero-order chi connectivity index (χ0) is 14.2. The van der Waals surface area contributed by atoms with Crippen LogP contribution in [-0.4, -0.2) is 24.5 Å². The highest BCUT2D eigenvalue weighted by Gasteiger charge is 2.22. The second-order valence-electron chi connectivity index (χ2n) is 5.82. The molecule has 2 N–H and O–H groups in total. The Morgan fingerprint density at radius 3 is 2.75 bits per heavy atom. The second-order valence-corrected chi connectivity index (χ2v) is 5.82. The molecule has 3 heteroatoms. The number of benzene rings is 1. The predicted octanol–water partition coefficient (Wildman–Crippen LogP) is 2.66. The van der Waals surface area contributed by atoms with E-state index in [9.17, 15) is 4.79 Å². The molecule has 0 spiro atoms. The quantitative estimate of drug-likeness (QED) is 0.680. The minimum absolute atomic E-state index is 0.214. The van der Waals surface area contributed by atoms with Gasteiger partial charge in [-0.25, -0.2) is 0 Å². The molecule has 1 aliphatic rings. The van der Waals surface area contributed by atoms with Gasteiger partial charge in [0.1, 0.15) is 0 Å². The highest BCUT2D eigenvalue weighted by molar-refractivity contribution is 5.76. The van der Waals surface area contributed by atoms with E-state index in [0.29, 0.717) is 18.5 Å². The molecule has 0 radical (unpaired) electrons. The van der Waals surface area contributed by atoms with Crippen LogP contribution in [0.2, 0.25) is 0 Å². The van der Waals surface area contributed by atoms with Gasteiger partial charge in [0, 0.05) is 18.5 Å². The van der Waals surface area contributed by atoms with E-state index in [1.54, 1.807) is 0 Å². The molecule has 0 bridgehead atoms. The number of carbonyl (C=O) groups is 1. The Bertz CT molecular complexity index is 401. The maximum Gasteiger partial charge on any atom is 0.220 e. The molecule has 0 aromatic heterocycles. The van der Waals surface area contributed by atoms with Gasteiger partial charge in [-0.2, -0.15) is 0 Å². The van der Waals surface area contributed by atoms with E-state index in [0.717, 1.165) is 25.8 Å². The molecule has 1 fully saturated rings. The van der Waals surface area contributed by atoms with E-state index < -0.39 is 0 Å². The number of carbonyl (C=O) groups excluding carboxylic acids is 1. The summed E-state index contributed by atoms with van der Waals surface area (Å²) in [5.74, 6) is 0.214. The highest BCUT2D eigenvalue weighted by Crippen LogP contribution is 2.18. The molecule has 3 nitrogen and oxygen atoms in total. The Hall–Kier alpha value is -1.35. The zero-order valence-electron chi connectivity index (χ0n) is 12.4. The van der Waals surface area contributed by atoms with Crippen LogP contribution in [0.5, 0.6) is 0 Å². The average molecular weight is 274 g/mol. The Balaban J connectivity index is 1.49. The first-order chi connectivity index (χ1) is 9.74. The lowest BCUT2D eigenvalue weighted by molar-refractivity contribution is -0.121. The molecule has 1 saturated carbocycles. The first kappa shape index (κ1) is 15.0. The third kappa shape index (κ3) is 6.20. The van der Waals surface area contributed by atoms with Crippen molar-refractivity contribution in [1.82, 2.24) is 10.6 Å². The van der Waals surface area contributed by atoms with Crippen molar-refractivity contribution in [2.45, 2.75) is 57.5 Å². The lowest BCUT2D eigenvalue weighted by atomic mass is 10.1. The van der Waals surface area contributed by atoms with Gasteiger partial charge < -0.3 is 10.6 Å². The lowest BCUT2D eigenvalue weighted by Crippen LogP contribution is -2.30. The first-order valence-corrected chi connectivity index (χ1v) is 7.80. The summed E-state index contributed by atoms with van der Waals surface area (Å²) in [7, 11) is 0.